The molecule has 0 spiro atoms. The normalized spacial score (nSPS) is 20.2. The van der Waals surface area contributed by atoms with Crippen LogP contribution in [-0.4, -0.2) is 0 Å². The summed E-state index contributed by atoms with van der Waals surface area (Å²) in [6.07, 6.45) is 14.3. The van der Waals surface area contributed by atoms with Gasteiger partial charge in [-0.1, -0.05) is 23.8 Å². The number of nitrogens with one attached hydrogen (secondary N) is 1. The highest BCUT2D eigenvalue weighted by molar-refractivity contribution is 6.01. The molecule has 0 saturated carbocycles. The topological polar surface area (TPSA) is 23.3 Å². The van der Waals surface area contributed by atoms with Crippen molar-refractivity contribution in [1.29, 1.82) is 0 Å². The van der Waals surface area contributed by atoms with Crippen LogP contribution >= 0.6 is 0 Å². The number of furan rings is 1. The third kappa shape index (κ3) is 1.54. The van der Waals surface area contributed by atoms with Gasteiger partial charge in [0.1, 0.15) is 0 Å². The maximum absolute atomic E-state index is 6.01. The Morgan fingerprint density at radius 1 is 1.11 bits per heavy atom. The Kier molecular flexibility index (Phi) is 2.15. The van der Waals surface area contributed by atoms with Crippen LogP contribution in [0.1, 0.15) is 5.76 Å². The van der Waals surface area contributed by atoms with E-state index in [1.54, 1.807) is 0 Å². The van der Waals surface area contributed by atoms with Crippen molar-refractivity contribution < 1.29 is 4.42 Å². The lowest BCUT2D eigenvalue weighted by atomic mass is 9.97. The first kappa shape index (κ1) is 10.3. The van der Waals surface area contributed by atoms with E-state index in [0.29, 0.717) is 0 Å². The number of allylic oxidation sites excluding steroid dienone is 7. The molecule has 2 aromatic rings. The zero-order chi connectivity index (χ0) is 12.7. The highest BCUT2D eigenvalue weighted by atomic mass is 16.3. The molecule has 0 saturated heterocycles. The predicted molar refractivity (Wildman–Crippen MR) is 78.5 cm³/mol. The summed E-state index contributed by atoms with van der Waals surface area (Å²) in [6.45, 7) is 0. The summed E-state index contributed by atoms with van der Waals surface area (Å²) in [5.74, 6) is 0.912. The fourth-order valence-corrected chi connectivity index (χ4v) is 2.51. The molecule has 19 heavy (non-hydrogen) atoms. The second-order valence-corrected chi connectivity index (χ2v) is 4.56. The highest BCUT2D eigenvalue weighted by Gasteiger charge is 2.20. The molecule has 1 aliphatic heterocycles. The first-order valence-electron chi connectivity index (χ1n) is 6.31. The van der Waals surface area contributed by atoms with Crippen molar-refractivity contribution in [1.82, 2.24) is 0 Å². The minimum atomic E-state index is 0.912. The minimum Gasteiger partial charge on any atom is -0.375 e. The molecule has 0 fully saturated rings. The Labute approximate surface area is 111 Å². The van der Waals surface area contributed by atoms with E-state index < -0.39 is 0 Å². The third-order valence-electron chi connectivity index (χ3n) is 3.40. The van der Waals surface area contributed by atoms with E-state index in [4.69, 9.17) is 4.42 Å². The van der Waals surface area contributed by atoms with E-state index in [1.807, 2.05) is 42.6 Å². The second kappa shape index (κ2) is 3.95. The van der Waals surface area contributed by atoms with Crippen molar-refractivity contribution in [3.8, 4) is 0 Å². The quantitative estimate of drug-likeness (QED) is 0.548. The van der Waals surface area contributed by atoms with Gasteiger partial charge in [0.2, 0.25) is 0 Å². The van der Waals surface area contributed by atoms with Crippen molar-refractivity contribution in [3.05, 3.63) is 78.6 Å². The van der Waals surface area contributed by atoms with Crippen molar-refractivity contribution in [2.45, 2.75) is 0 Å². The Hall–Kier alpha value is -2.61. The number of para-hydroxylation sites is 1. The van der Waals surface area contributed by atoms with E-state index in [9.17, 15) is 0 Å². The lowest BCUT2D eigenvalue weighted by Crippen LogP contribution is -1.99. The molecule has 0 amide bonds. The lowest BCUT2D eigenvalue weighted by molar-refractivity contribution is 0.601. The highest BCUT2D eigenvalue weighted by Crippen LogP contribution is 2.40. The fourth-order valence-electron chi connectivity index (χ4n) is 2.51. The van der Waals surface area contributed by atoms with Gasteiger partial charge in [0.05, 0.1) is 5.69 Å². The van der Waals surface area contributed by atoms with Gasteiger partial charge in [-0.3, -0.25) is 4.42 Å². The molecule has 1 N–H and O–H groups in total. The zero-order valence-electron chi connectivity index (χ0n) is 10.3. The number of hydrogen-bond acceptors (Lipinski definition) is 1. The lowest BCUT2D eigenvalue weighted by Gasteiger charge is -2.21. The Balaban J connectivity index is 1.98. The van der Waals surface area contributed by atoms with Gasteiger partial charge in [0.25, 0.3) is 11.3 Å². The van der Waals surface area contributed by atoms with E-state index in [0.717, 1.165) is 28.0 Å². The maximum atomic E-state index is 6.01. The molecule has 0 bridgehead atoms. The largest absolute Gasteiger partial charge is 0.375 e. The number of anilines is 1. The van der Waals surface area contributed by atoms with Crippen LogP contribution in [0.25, 0.3) is 16.5 Å². The molecule has 1 aromatic heterocycles. The molecule has 2 heteroatoms. The molecular weight excluding hydrogens is 234 g/mol. The number of fused-ring (bicyclic) bond motifs is 3. The van der Waals surface area contributed by atoms with Crippen molar-refractivity contribution in [2.24, 2.45) is 0 Å². The summed E-state index contributed by atoms with van der Waals surface area (Å²) in [5, 5.41) is 4.41. The van der Waals surface area contributed by atoms with Gasteiger partial charge in [0.15, 0.2) is 0 Å². The number of rotatable bonds is 0. The number of benzene rings is 1. The predicted octanol–water partition coefficient (Wildman–Crippen LogP) is 4.46. The van der Waals surface area contributed by atoms with E-state index in [2.05, 4.69) is 30.0 Å². The smallest absolute Gasteiger partial charge is 0.271 e. The average Bonchev–Trinajstić information content (AvgIpc) is 2.87. The summed E-state index contributed by atoms with van der Waals surface area (Å²) in [5.41, 5.74) is 4.25. The van der Waals surface area contributed by atoms with Crippen molar-refractivity contribution in [2.75, 3.05) is 5.32 Å². The molecule has 92 valence electrons. The van der Waals surface area contributed by atoms with Gasteiger partial charge >= 0.3 is 0 Å². The third-order valence-corrected chi connectivity index (χ3v) is 3.40. The average molecular weight is 246 g/mol. The van der Waals surface area contributed by atoms with E-state index in [-0.39, 0.29) is 0 Å². The summed E-state index contributed by atoms with van der Waals surface area (Å²) in [6, 6.07) is 8.09. The maximum Gasteiger partial charge on any atom is 0.271 e. The van der Waals surface area contributed by atoms with Gasteiger partial charge in [-0.25, -0.2) is 0 Å². The fraction of sp³-hybridized carbons (Fsp3) is 0. The molecule has 0 radical (unpaired) electrons. The standard InChI is InChI=1S/C17H12NO/c1-2-6-12(7-3-1)13-10-11-18-16-14-8-4-5-9-15(14)19-17(13)16/h1-11,18H/q-1. The monoisotopic (exact) mass is 246 g/mol. The van der Waals surface area contributed by atoms with Crippen LogP contribution in [-0.2, 0) is 0 Å². The van der Waals surface area contributed by atoms with Crippen molar-refractivity contribution in [3.63, 3.8) is 0 Å². The molecule has 0 atom stereocenters. The first-order valence-corrected chi connectivity index (χ1v) is 6.31. The van der Waals surface area contributed by atoms with Gasteiger partial charge in [-0.15, -0.1) is 12.2 Å². The Bertz CT molecular complexity index is 772. The molecule has 0 unspecified atom stereocenters. The summed E-state index contributed by atoms with van der Waals surface area (Å²) in [4.78, 5) is 0. The van der Waals surface area contributed by atoms with E-state index >= 15 is 0 Å². The SMILES string of the molecule is C1=C[CH-]/C(=C2/C=CNc3c4ccccc4[o+][c-]32)C=C1. The molecule has 2 aliphatic rings. The molecule has 1 aliphatic carbocycles. The van der Waals surface area contributed by atoms with Crippen LogP contribution in [0, 0.1) is 6.42 Å². The van der Waals surface area contributed by atoms with Crippen LogP contribution in [0.4, 0.5) is 5.69 Å². The van der Waals surface area contributed by atoms with Crippen LogP contribution in [0.3, 0.4) is 0 Å². The van der Waals surface area contributed by atoms with Crippen LogP contribution in [0.2, 0.25) is 0 Å². The molecule has 1 aromatic carbocycles. The second-order valence-electron chi connectivity index (χ2n) is 4.56. The van der Waals surface area contributed by atoms with Gasteiger partial charge in [0, 0.05) is 11.5 Å². The van der Waals surface area contributed by atoms with Crippen LogP contribution in [0.5, 0.6) is 0 Å². The molecule has 4 rings (SSSR count). The minimum absolute atomic E-state index is 0.912. The summed E-state index contributed by atoms with van der Waals surface area (Å²) < 4.78 is 6.01. The number of hydrogen-bond donors (Lipinski definition) is 1. The van der Waals surface area contributed by atoms with Crippen molar-refractivity contribution >= 4 is 22.2 Å². The Morgan fingerprint density at radius 2 is 2.05 bits per heavy atom. The van der Waals surface area contributed by atoms with Crippen LogP contribution < -0.4 is 5.32 Å². The molecular formula is C17H12NO-. The summed E-state index contributed by atoms with van der Waals surface area (Å²) >= 11 is 0. The van der Waals surface area contributed by atoms with Gasteiger partial charge in [-0.05, 0) is 6.20 Å². The van der Waals surface area contributed by atoms with Crippen LogP contribution in [0.15, 0.2) is 70.8 Å². The van der Waals surface area contributed by atoms with E-state index in [1.165, 1.54) is 5.57 Å². The Morgan fingerprint density at radius 3 is 2.95 bits per heavy atom. The molecule has 2 heterocycles. The first-order chi connectivity index (χ1) is 9.43. The van der Waals surface area contributed by atoms with Gasteiger partial charge < -0.3 is 5.32 Å². The summed E-state index contributed by atoms with van der Waals surface area (Å²) in [7, 11) is 0. The molecule has 2 nitrogen and oxygen atoms in total. The van der Waals surface area contributed by atoms with Gasteiger partial charge in [-0.2, -0.15) is 30.2 Å². The zero-order valence-corrected chi connectivity index (χ0v) is 10.3.